The molecule has 0 amide bonds. The second kappa shape index (κ2) is 9.82. The predicted molar refractivity (Wildman–Crippen MR) is 98.9 cm³/mol. The number of aliphatic imine (C=N–C) groups is 1. The molecular formula is C15H33IN4. The van der Waals surface area contributed by atoms with Crippen LogP contribution in [0, 0.1) is 0 Å². The smallest absolute Gasteiger partial charge is 0.188 e. The maximum Gasteiger partial charge on any atom is 0.188 e. The van der Waals surface area contributed by atoms with E-state index in [4.69, 9.17) is 5.73 Å². The fourth-order valence-electron chi connectivity index (χ4n) is 2.65. The Hall–Kier alpha value is -0.0400. The van der Waals surface area contributed by atoms with Gasteiger partial charge in [-0.15, -0.1) is 24.0 Å². The summed E-state index contributed by atoms with van der Waals surface area (Å²) in [6.07, 6.45) is 8.04. The topological polar surface area (TPSA) is 53.6 Å². The predicted octanol–water partition coefficient (Wildman–Crippen LogP) is 2.96. The lowest BCUT2D eigenvalue weighted by Gasteiger charge is -2.31. The molecule has 0 atom stereocenters. The molecule has 1 fully saturated rings. The van der Waals surface area contributed by atoms with Crippen molar-refractivity contribution in [3.63, 3.8) is 0 Å². The van der Waals surface area contributed by atoms with Crippen molar-refractivity contribution in [3.05, 3.63) is 0 Å². The largest absolute Gasteiger partial charge is 0.370 e. The van der Waals surface area contributed by atoms with E-state index in [0.717, 1.165) is 25.6 Å². The average molecular weight is 396 g/mol. The minimum Gasteiger partial charge on any atom is -0.370 e. The zero-order valence-electron chi connectivity index (χ0n) is 13.6. The van der Waals surface area contributed by atoms with E-state index >= 15 is 0 Å². The first-order valence-electron chi connectivity index (χ1n) is 7.67. The molecule has 0 aromatic rings. The summed E-state index contributed by atoms with van der Waals surface area (Å²) in [6.45, 7) is 8.20. The summed E-state index contributed by atoms with van der Waals surface area (Å²) in [5.74, 6) is 0.563. The number of guanidine groups is 1. The first-order valence-corrected chi connectivity index (χ1v) is 7.67. The highest BCUT2D eigenvalue weighted by molar-refractivity contribution is 14.0. The van der Waals surface area contributed by atoms with Gasteiger partial charge < -0.3 is 16.0 Å². The third-order valence-corrected chi connectivity index (χ3v) is 3.65. The third kappa shape index (κ3) is 9.00. The molecule has 1 saturated carbocycles. The summed E-state index contributed by atoms with van der Waals surface area (Å²) in [4.78, 5) is 6.89. The van der Waals surface area contributed by atoms with E-state index in [1.54, 1.807) is 0 Å². The number of nitrogens with two attached hydrogens (primary N) is 1. The van der Waals surface area contributed by atoms with Crippen molar-refractivity contribution >= 4 is 29.9 Å². The van der Waals surface area contributed by atoms with Gasteiger partial charge in [0.2, 0.25) is 0 Å². The standard InChI is InChI=1S/C15H32N4.HI/c1-15(2,3)18-14(16)17-11-8-12-19(4)13-9-6-5-7-10-13;/h13H,5-12H2,1-4H3,(H3,16,17,18);1H. The van der Waals surface area contributed by atoms with Crippen LogP contribution in [0.15, 0.2) is 4.99 Å². The van der Waals surface area contributed by atoms with Crippen molar-refractivity contribution in [2.24, 2.45) is 10.7 Å². The van der Waals surface area contributed by atoms with Crippen LogP contribution < -0.4 is 11.1 Å². The fourth-order valence-corrected chi connectivity index (χ4v) is 2.65. The van der Waals surface area contributed by atoms with Crippen molar-refractivity contribution in [2.75, 3.05) is 20.1 Å². The summed E-state index contributed by atoms with van der Waals surface area (Å²) in [7, 11) is 2.25. The van der Waals surface area contributed by atoms with E-state index in [9.17, 15) is 0 Å². The molecule has 4 nitrogen and oxygen atoms in total. The Balaban J connectivity index is 0.00000361. The molecule has 0 aromatic carbocycles. The lowest BCUT2D eigenvalue weighted by molar-refractivity contribution is 0.191. The van der Waals surface area contributed by atoms with Gasteiger partial charge in [-0.2, -0.15) is 0 Å². The molecule has 0 unspecified atom stereocenters. The lowest BCUT2D eigenvalue weighted by Crippen LogP contribution is -2.45. The van der Waals surface area contributed by atoms with E-state index in [-0.39, 0.29) is 29.5 Å². The minimum atomic E-state index is -0.00747. The zero-order chi connectivity index (χ0) is 14.3. The summed E-state index contributed by atoms with van der Waals surface area (Å²) < 4.78 is 0. The Morgan fingerprint density at radius 3 is 2.40 bits per heavy atom. The number of hydrogen-bond acceptors (Lipinski definition) is 2. The number of halogens is 1. The molecule has 120 valence electrons. The van der Waals surface area contributed by atoms with Crippen LogP contribution in [0.25, 0.3) is 0 Å². The van der Waals surface area contributed by atoms with Crippen molar-refractivity contribution in [1.29, 1.82) is 0 Å². The first-order chi connectivity index (χ1) is 8.88. The van der Waals surface area contributed by atoms with Crippen LogP contribution in [0.3, 0.4) is 0 Å². The van der Waals surface area contributed by atoms with Crippen molar-refractivity contribution in [3.8, 4) is 0 Å². The van der Waals surface area contributed by atoms with Crippen LogP contribution in [0.1, 0.15) is 59.3 Å². The zero-order valence-corrected chi connectivity index (χ0v) is 15.9. The number of nitrogens with one attached hydrogen (secondary N) is 1. The first kappa shape index (κ1) is 20.0. The second-order valence-corrected chi connectivity index (χ2v) is 6.77. The molecule has 5 heteroatoms. The van der Waals surface area contributed by atoms with Crippen LogP contribution in [0.5, 0.6) is 0 Å². The molecule has 0 spiro atoms. The minimum absolute atomic E-state index is 0. The van der Waals surface area contributed by atoms with Crippen molar-refractivity contribution in [1.82, 2.24) is 10.2 Å². The molecule has 20 heavy (non-hydrogen) atoms. The lowest BCUT2D eigenvalue weighted by atomic mass is 9.94. The van der Waals surface area contributed by atoms with Crippen LogP contribution in [0.2, 0.25) is 0 Å². The van der Waals surface area contributed by atoms with Gasteiger partial charge in [0.25, 0.3) is 0 Å². The molecule has 0 aromatic heterocycles. The fraction of sp³-hybridized carbons (Fsp3) is 0.933. The van der Waals surface area contributed by atoms with Gasteiger partial charge in [-0.1, -0.05) is 19.3 Å². The Kier molecular flexibility index (Phi) is 9.80. The van der Waals surface area contributed by atoms with Gasteiger partial charge in [0.1, 0.15) is 0 Å². The Bertz CT molecular complexity index is 280. The van der Waals surface area contributed by atoms with Crippen LogP contribution >= 0.6 is 24.0 Å². The molecule has 1 rings (SSSR count). The van der Waals surface area contributed by atoms with Crippen molar-refractivity contribution in [2.45, 2.75) is 70.9 Å². The SMILES string of the molecule is CN(CCCN=C(N)NC(C)(C)C)C1CCCCC1.I. The van der Waals surface area contributed by atoms with Crippen LogP contribution in [-0.4, -0.2) is 42.6 Å². The highest BCUT2D eigenvalue weighted by Crippen LogP contribution is 2.21. The molecule has 0 heterocycles. The second-order valence-electron chi connectivity index (χ2n) is 6.77. The van der Waals surface area contributed by atoms with E-state index in [1.165, 1.54) is 32.1 Å². The molecule has 0 aliphatic heterocycles. The highest BCUT2D eigenvalue weighted by atomic mass is 127. The van der Waals surface area contributed by atoms with Crippen molar-refractivity contribution < 1.29 is 0 Å². The Morgan fingerprint density at radius 1 is 1.25 bits per heavy atom. The van der Waals surface area contributed by atoms with Gasteiger partial charge in [-0.05, 0) is 53.6 Å². The number of hydrogen-bond donors (Lipinski definition) is 2. The molecule has 3 N–H and O–H groups in total. The Labute approximate surface area is 142 Å². The number of rotatable bonds is 5. The van der Waals surface area contributed by atoms with E-state index in [1.807, 2.05) is 0 Å². The molecule has 0 bridgehead atoms. The normalized spacial score (nSPS) is 17.9. The monoisotopic (exact) mass is 396 g/mol. The molecule has 1 aliphatic carbocycles. The van der Waals surface area contributed by atoms with Crippen LogP contribution in [0.4, 0.5) is 0 Å². The third-order valence-electron chi connectivity index (χ3n) is 3.65. The molecule has 0 radical (unpaired) electrons. The van der Waals surface area contributed by atoms with E-state index in [2.05, 4.69) is 43.0 Å². The molecule has 0 saturated heterocycles. The van der Waals surface area contributed by atoms with Crippen LogP contribution in [-0.2, 0) is 0 Å². The summed E-state index contributed by atoms with van der Waals surface area (Å²) >= 11 is 0. The average Bonchev–Trinajstić information content (AvgIpc) is 2.33. The highest BCUT2D eigenvalue weighted by Gasteiger charge is 2.17. The maximum atomic E-state index is 5.84. The number of nitrogens with zero attached hydrogens (tertiary/aromatic N) is 2. The quantitative estimate of drug-likeness (QED) is 0.325. The summed E-state index contributed by atoms with van der Waals surface area (Å²) in [5.41, 5.74) is 5.84. The summed E-state index contributed by atoms with van der Waals surface area (Å²) in [6, 6.07) is 0.794. The summed E-state index contributed by atoms with van der Waals surface area (Å²) in [5, 5.41) is 3.18. The van der Waals surface area contributed by atoms with Gasteiger partial charge in [0.05, 0.1) is 0 Å². The maximum absolute atomic E-state index is 5.84. The van der Waals surface area contributed by atoms with Gasteiger partial charge in [0, 0.05) is 18.1 Å². The van der Waals surface area contributed by atoms with Gasteiger partial charge >= 0.3 is 0 Å². The van der Waals surface area contributed by atoms with Gasteiger partial charge in [-0.25, -0.2) is 0 Å². The Morgan fingerprint density at radius 2 is 1.85 bits per heavy atom. The van der Waals surface area contributed by atoms with Gasteiger partial charge in [-0.3, -0.25) is 4.99 Å². The van der Waals surface area contributed by atoms with E-state index in [0.29, 0.717) is 5.96 Å². The van der Waals surface area contributed by atoms with E-state index < -0.39 is 0 Å². The van der Waals surface area contributed by atoms with Gasteiger partial charge in [0.15, 0.2) is 5.96 Å². The molecular weight excluding hydrogens is 363 g/mol. The molecule has 1 aliphatic rings.